The normalized spacial score (nSPS) is 10.1. The van der Waals surface area contributed by atoms with Crippen molar-refractivity contribution in [2.24, 2.45) is 0 Å². The van der Waals surface area contributed by atoms with Crippen LogP contribution < -0.4 is 20.1 Å². The smallest absolute Gasteiger partial charge is 0.338 e. The van der Waals surface area contributed by atoms with Gasteiger partial charge in [0, 0.05) is 5.69 Å². The fourth-order valence-electron chi connectivity index (χ4n) is 2.36. The SMILES string of the molecule is CCOc1ccc(C(=O)OCC(=O)NCC(=O)Nc2ccc(F)cc2)cc1OCC. The zero-order chi connectivity index (χ0) is 21.9. The average molecular weight is 418 g/mol. The minimum absolute atomic E-state index is 0.198. The molecule has 0 aliphatic rings. The second-order valence-electron chi connectivity index (χ2n) is 5.94. The summed E-state index contributed by atoms with van der Waals surface area (Å²) in [5.41, 5.74) is 0.589. The Hall–Kier alpha value is -3.62. The average Bonchev–Trinajstić information content (AvgIpc) is 2.73. The van der Waals surface area contributed by atoms with Crippen LogP contribution in [0.2, 0.25) is 0 Å². The second-order valence-corrected chi connectivity index (χ2v) is 5.94. The number of hydrogen-bond donors (Lipinski definition) is 2. The summed E-state index contributed by atoms with van der Waals surface area (Å²) in [4.78, 5) is 35.8. The lowest BCUT2D eigenvalue weighted by molar-refractivity contribution is -0.126. The summed E-state index contributed by atoms with van der Waals surface area (Å²) in [6.45, 7) is 3.58. The van der Waals surface area contributed by atoms with Crippen molar-refractivity contribution in [2.45, 2.75) is 13.8 Å². The van der Waals surface area contributed by atoms with Crippen LogP contribution in [-0.4, -0.2) is 44.1 Å². The maximum Gasteiger partial charge on any atom is 0.338 e. The molecule has 2 N–H and O–H groups in total. The Bertz CT molecular complexity index is 886. The Morgan fingerprint density at radius 2 is 1.57 bits per heavy atom. The van der Waals surface area contributed by atoms with Crippen LogP contribution in [0.3, 0.4) is 0 Å². The lowest BCUT2D eigenvalue weighted by Crippen LogP contribution is -2.35. The summed E-state index contributed by atoms with van der Waals surface area (Å²) in [6, 6.07) is 9.76. The molecule has 2 aromatic carbocycles. The van der Waals surface area contributed by atoms with E-state index in [1.54, 1.807) is 13.0 Å². The van der Waals surface area contributed by atoms with Gasteiger partial charge in [0.2, 0.25) is 5.91 Å². The Labute approximate surface area is 173 Å². The van der Waals surface area contributed by atoms with Crippen molar-refractivity contribution in [1.82, 2.24) is 5.32 Å². The van der Waals surface area contributed by atoms with Gasteiger partial charge in [-0.3, -0.25) is 9.59 Å². The molecular formula is C21H23FN2O6. The molecular weight excluding hydrogens is 395 g/mol. The van der Waals surface area contributed by atoms with Gasteiger partial charge < -0.3 is 24.8 Å². The van der Waals surface area contributed by atoms with Gasteiger partial charge in [-0.25, -0.2) is 9.18 Å². The number of amides is 2. The third kappa shape index (κ3) is 7.08. The van der Waals surface area contributed by atoms with Gasteiger partial charge in [-0.1, -0.05) is 0 Å². The van der Waals surface area contributed by atoms with E-state index < -0.39 is 30.2 Å². The standard InChI is InChI=1S/C21H23FN2O6/c1-3-28-17-10-5-14(11-18(17)29-4-2)21(27)30-13-20(26)23-12-19(25)24-16-8-6-15(22)7-9-16/h5-11H,3-4,12-13H2,1-2H3,(H,23,26)(H,24,25). The molecule has 30 heavy (non-hydrogen) atoms. The number of benzene rings is 2. The predicted octanol–water partition coefficient (Wildman–Crippen LogP) is 2.53. The highest BCUT2D eigenvalue weighted by atomic mass is 19.1. The van der Waals surface area contributed by atoms with Gasteiger partial charge in [0.15, 0.2) is 18.1 Å². The van der Waals surface area contributed by atoms with Gasteiger partial charge in [0.05, 0.1) is 25.3 Å². The quantitative estimate of drug-likeness (QED) is 0.575. The summed E-state index contributed by atoms with van der Waals surface area (Å²) < 4.78 is 28.7. The van der Waals surface area contributed by atoms with E-state index in [2.05, 4.69) is 10.6 Å². The van der Waals surface area contributed by atoms with E-state index in [1.165, 1.54) is 36.4 Å². The van der Waals surface area contributed by atoms with Gasteiger partial charge >= 0.3 is 5.97 Å². The number of anilines is 1. The van der Waals surface area contributed by atoms with Crippen LogP contribution in [0.1, 0.15) is 24.2 Å². The predicted molar refractivity (Wildman–Crippen MR) is 107 cm³/mol. The first-order valence-corrected chi connectivity index (χ1v) is 9.31. The van der Waals surface area contributed by atoms with Crippen molar-refractivity contribution in [3.63, 3.8) is 0 Å². The zero-order valence-electron chi connectivity index (χ0n) is 16.7. The maximum absolute atomic E-state index is 12.8. The molecule has 8 nitrogen and oxygen atoms in total. The Kier molecular flexibility index (Phi) is 8.61. The molecule has 0 saturated heterocycles. The van der Waals surface area contributed by atoms with Crippen LogP contribution in [0.15, 0.2) is 42.5 Å². The molecule has 2 amide bonds. The third-order valence-electron chi connectivity index (χ3n) is 3.69. The van der Waals surface area contributed by atoms with Crippen LogP contribution in [0.25, 0.3) is 0 Å². The largest absolute Gasteiger partial charge is 0.490 e. The summed E-state index contributed by atoms with van der Waals surface area (Å²) >= 11 is 0. The topological polar surface area (TPSA) is 103 Å². The third-order valence-corrected chi connectivity index (χ3v) is 3.69. The molecule has 9 heteroatoms. The monoisotopic (exact) mass is 418 g/mol. The van der Waals surface area contributed by atoms with E-state index >= 15 is 0 Å². The van der Waals surface area contributed by atoms with Crippen LogP contribution in [0.5, 0.6) is 11.5 Å². The fourth-order valence-corrected chi connectivity index (χ4v) is 2.36. The molecule has 0 bridgehead atoms. The van der Waals surface area contributed by atoms with E-state index in [0.717, 1.165) is 0 Å². The molecule has 0 aliphatic carbocycles. The molecule has 0 saturated carbocycles. The van der Waals surface area contributed by atoms with Gasteiger partial charge in [-0.05, 0) is 56.3 Å². The van der Waals surface area contributed by atoms with Crippen LogP contribution in [0, 0.1) is 5.82 Å². The Morgan fingerprint density at radius 3 is 2.23 bits per heavy atom. The number of esters is 1. The number of carbonyl (C=O) groups is 3. The van der Waals surface area contributed by atoms with E-state index in [1.807, 2.05) is 6.92 Å². The lowest BCUT2D eigenvalue weighted by atomic mass is 10.2. The molecule has 0 aliphatic heterocycles. The first-order valence-electron chi connectivity index (χ1n) is 9.31. The highest BCUT2D eigenvalue weighted by Crippen LogP contribution is 2.28. The number of hydrogen-bond acceptors (Lipinski definition) is 6. The summed E-state index contributed by atoms with van der Waals surface area (Å²) in [5, 5.41) is 4.83. The summed E-state index contributed by atoms with van der Waals surface area (Å²) in [6.07, 6.45) is 0. The first kappa shape index (κ1) is 22.7. The number of carbonyl (C=O) groups excluding carboxylic acids is 3. The molecule has 0 heterocycles. The van der Waals surface area contributed by atoms with E-state index in [9.17, 15) is 18.8 Å². The lowest BCUT2D eigenvalue weighted by Gasteiger charge is -2.12. The molecule has 0 aromatic heterocycles. The number of rotatable bonds is 10. The van der Waals surface area contributed by atoms with Gasteiger partial charge in [-0.2, -0.15) is 0 Å². The maximum atomic E-state index is 12.8. The minimum Gasteiger partial charge on any atom is -0.490 e. The van der Waals surface area contributed by atoms with E-state index in [0.29, 0.717) is 30.4 Å². The highest BCUT2D eigenvalue weighted by molar-refractivity contribution is 5.95. The fraction of sp³-hybridized carbons (Fsp3) is 0.286. The van der Waals surface area contributed by atoms with Gasteiger partial charge in [0.25, 0.3) is 5.91 Å². The number of ether oxygens (including phenoxy) is 3. The molecule has 2 aromatic rings. The molecule has 0 atom stereocenters. The van der Waals surface area contributed by atoms with Crippen molar-refractivity contribution in [2.75, 3.05) is 31.7 Å². The van der Waals surface area contributed by atoms with Crippen LogP contribution in [-0.2, 0) is 14.3 Å². The summed E-state index contributed by atoms with van der Waals surface area (Å²) in [7, 11) is 0. The van der Waals surface area contributed by atoms with Crippen molar-refractivity contribution in [3.05, 3.63) is 53.8 Å². The summed E-state index contributed by atoms with van der Waals surface area (Å²) in [5.74, 6) is -1.40. The first-order chi connectivity index (χ1) is 14.4. The van der Waals surface area contributed by atoms with Gasteiger partial charge in [-0.15, -0.1) is 0 Å². The number of halogens is 1. The van der Waals surface area contributed by atoms with Gasteiger partial charge in [0.1, 0.15) is 5.82 Å². The van der Waals surface area contributed by atoms with E-state index in [-0.39, 0.29) is 12.1 Å². The molecule has 0 spiro atoms. The molecule has 0 fully saturated rings. The minimum atomic E-state index is -0.718. The van der Waals surface area contributed by atoms with Crippen LogP contribution in [0.4, 0.5) is 10.1 Å². The van der Waals surface area contributed by atoms with Crippen molar-refractivity contribution >= 4 is 23.5 Å². The van der Waals surface area contributed by atoms with E-state index in [4.69, 9.17) is 14.2 Å². The zero-order valence-corrected chi connectivity index (χ0v) is 16.7. The molecule has 2 rings (SSSR count). The van der Waals surface area contributed by atoms with Crippen LogP contribution >= 0.6 is 0 Å². The van der Waals surface area contributed by atoms with Crippen molar-refractivity contribution in [1.29, 1.82) is 0 Å². The van der Waals surface area contributed by atoms with Crippen molar-refractivity contribution < 1.29 is 33.0 Å². The number of nitrogens with one attached hydrogen (secondary N) is 2. The Balaban J connectivity index is 1.81. The molecule has 160 valence electrons. The molecule has 0 unspecified atom stereocenters. The Morgan fingerprint density at radius 1 is 0.900 bits per heavy atom. The second kappa shape index (κ2) is 11.4. The van der Waals surface area contributed by atoms with Crippen molar-refractivity contribution in [3.8, 4) is 11.5 Å². The highest BCUT2D eigenvalue weighted by Gasteiger charge is 2.15. The molecule has 0 radical (unpaired) electrons.